The number of halogens is 2. The summed E-state index contributed by atoms with van der Waals surface area (Å²) in [5.74, 6) is -0.210. The van der Waals surface area contributed by atoms with E-state index in [1.54, 1.807) is 60.7 Å². The van der Waals surface area contributed by atoms with Crippen LogP contribution in [0.5, 0.6) is 0 Å². The van der Waals surface area contributed by atoms with Crippen molar-refractivity contribution in [3.63, 3.8) is 0 Å². The number of hydrogen-bond acceptors (Lipinski definition) is 6. The molecule has 50 heavy (non-hydrogen) atoms. The van der Waals surface area contributed by atoms with Crippen LogP contribution < -0.4 is 15.5 Å². The molecular formula is C39H34BrFN4O4S. The van der Waals surface area contributed by atoms with E-state index in [1.165, 1.54) is 23.9 Å². The second-order valence-corrected chi connectivity index (χ2v) is 13.9. The van der Waals surface area contributed by atoms with Crippen LogP contribution in [0.4, 0.5) is 15.8 Å². The van der Waals surface area contributed by atoms with Crippen molar-refractivity contribution in [2.75, 3.05) is 36.4 Å². The number of hydrogen-bond donors (Lipinski definition) is 2. The number of benzene rings is 4. The maximum atomic E-state index is 14.2. The smallest absolute Gasteiger partial charge is 0.272 e. The molecule has 1 saturated heterocycles. The maximum Gasteiger partial charge on any atom is 0.272 e. The lowest BCUT2D eigenvalue weighted by Crippen LogP contribution is -2.50. The molecule has 254 valence electrons. The summed E-state index contributed by atoms with van der Waals surface area (Å²) >= 11 is 4.86. The molecule has 2 N–H and O–H groups in total. The second-order valence-electron chi connectivity index (χ2n) is 11.6. The Morgan fingerprint density at radius 2 is 1.52 bits per heavy atom. The molecule has 1 aromatic heterocycles. The molecule has 0 spiro atoms. The van der Waals surface area contributed by atoms with Crippen LogP contribution in [0, 0.1) is 5.82 Å². The van der Waals surface area contributed by atoms with Crippen LogP contribution in [0.15, 0.2) is 135 Å². The van der Waals surface area contributed by atoms with Gasteiger partial charge in [0.25, 0.3) is 11.8 Å². The van der Waals surface area contributed by atoms with Gasteiger partial charge < -0.3 is 24.9 Å². The topological polar surface area (TPSA) is 94.9 Å². The molecule has 1 aliphatic heterocycles. The highest BCUT2D eigenvalue weighted by molar-refractivity contribution is 9.10. The summed E-state index contributed by atoms with van der Waals surface area (Å²) in [5, 5.41) is 5.25. The highest BCUT2D eigenvalue weighted by atomic mass is 79.9. The molecule has 0 radical (unpaired) electrons. The SMILES string of the molecule is CC(Sc1ccc(NC(=O)/C(=C/c2ccc(-c3ccc(Br)cc3)o2)NC(=O)c2ccccc2)cc1)C(=O)N1CCN(c2ccccc2F)CC1. The first kappa shape index (κ1) is 34.7. The third-order valence-corrected chi connectivity index (χ3v) is 9.76. The lowest BCUT2D eigenvalue weighted by atomic mass is 10.2. The molecular weight excluding hydrogens is 719 g/mol. The highest BCUT2D eigenvalue weighted by Crippen LogP contribution is 2.28. The minimum absolute atomic E-state index is 0.00308. The Balaban J connectivity index is 1.09. The third kappa shape index (κ3) is 8.71. The molecule has 1 aliphatic rings. The Labute approximate surface area is 302 Å². The number of anilines is 2. The van der Waals surface area contributed by atoms with Crippen molar-refractivity contribution in [2.45, 2.75) is 17.1 Å². The lowest BCUT2D eigenvalue weighted by molar-refractivity contribution is -0.130. The molecule has 4 aromatic carbocycles. The van der Waals surface area contributed by atoms with Crippen molar-refractivity contribution in [2.24, 2.45) is 0 Å². The first-order chi connectivity index (χ1) is 24.2. The molecule has 11 heteroatoms. The fraction of sp³-hybridized carbons (Fsp3) is 0.154. The van der Waals surface area contributed by atoms with Crippen LogP contribution in [-0.2, 0) is 9.59 Å². The number of carbonyl (C=O) groups is 3. The molecule has 8 nitrogen and oxygen atoms in total. The fourth-order valence-electron chi connectivity index (χ4n) is 5.49. The zero-order chi connectivity index (χ0) is 35.0. The summed E-state index contributed by atoms with van der Waals surface area (Å²) in [6.07, 6.45) is 1.49. The highest BCUT2D eigenvalue weighted by Gasteiger charge is 2.26. The van der Waals surface area contributed by atoms with E-state index < -0.39 is 11.8 Å². The molecule has 3 amide bonds. The summed E-state index contributed by atoms with van der Waals surface area (Å²) in [5.41, 5.74) is 2.34. The molecule has 2 heterocycles. The number of thioether (sulfide) groups is 1. The zero-order valence-electron chi connectivity index (χ0n) is 27.1. The fourth-order valence-corrected chi connectivity index (χ4v) is 6.70. The number of piperazine rings is 1. The number of furan rings is 1. The zero-order valence-corrected chi connectivity index (χ0v) is 29.5. The van der Waals surface area contributed by atoms with Gasteiger partial charge in [-0.05, 0) is 79.7 Å². The van der Waals surface area contributed by atoms with Gasteiger partial charge in [-0.3, -0.25) is 14.4 Å². The number of rotatable bonds is 10. The molecule has 5 aromatic rings. The third-order valence-electron chi connectivity index (χ3n) is 8.13. The van der Waals surface area contributed by atoms with Gasteiger partial charge in [0.05, 0.1) is 10.9 Å². The number of nitrogens with one attached hydrogen (secondary N) is 2. The Hall–Kier alpha value is -5.13. The Morgan fingerprint density at radius 3 is 2.22 bits per heavy atom. The van der Waals surface area contributed by atoms with Gasteiger partial charge in [-0.25, -0.2) is 4.39 Å². The van der Waals surface area contributed by atoms with Crippen LogP contribution in [0.3, 0.4) is 0 Å². The van der Waals surface area contributed by atoms with E-state index >= 15 is 0 Å². The number of carbonyl (C=O) groups excluding carboxylic acids is 3. The van der Waals surface area contributed by atoms with Gasteiger partial charge in [-0.15, -0.1) is 11.8 Å². The molecule has 1 unspecified atom stereocenters. The summed E-state index contributed by atoms with van der Waals surface area (Å²) in [7, 11) is 0. The first-order valence-electron chi connectivity index (χ1n) is 16.0. The molecule has 1 fully saturated rings. The molecule has 6 rings (SSSR count). The van der Waals surface area contributed by atoms with Gasteiger partial charge in [-0.2, -0.15) is 0 Å². The Bertz CT molecular complexity index is 1990. The quantitative estimate of drug-likeness (QED) is 0.111. The number of nitrogens with zero attached hydrogens (tertiary/aromatic N) is 2. The van der Waals surface area contributed by atoms with Crippen molar-refractivity contribution in [3.8, 4) is 11.3 Å². The monoisotopic (exact) mass is 752 g/mol. The van der Waals surface area contributed by atoms with E-state index in [1.807, 2.05) is 65.3 Å². The van der Waals surface area contributed by atoms with Crippen LogP contribution >= 0.6 is 27.7 Å². The maximum absolute atomic E-state index is 14.2. The van der Waals surface area contributed by atoms with E-state index in [0.29, 0.717) is 54.6 Å². The van der Waals surface area contributed by atoms with Crippen LogP contribution in [0.2, 0.25) is 0 Å². The minimum atomic E-state index is -0.533. The van der Waals surface area contributed by atoms with Gasteiger partial charge in [-0.1, -0.05) is 58.4 Å². The minimum Gasteiger partial charge on any atom is -0.457 e. The number of para-hydroxylation sites is 1. The van der Waals surface area contributed by atoms with Crippen molar-refractivity contribution < 1.29 is 23.2 Å². The van der Waals surface area contributed by atoms with E-state index in [4.69, 9.17) is 4.42 Å². The lowest BCUT2D eigenvalue weighted by Gasteiger charge is -2.37. The van der Waals surface area contributed by atoms with Gasteiger partial charge in [0.15, 0.2) is 0 Å². The van der Waals surface area contributed by atoms with Gasteiger partial charge >= 0.3 is 0 Å². The largest absolute Gasteiger partial charge is 0.457 e. The average Bonchev–Trinajstić information content (AvgIpc) is 3.61. The van der Waals surface area contributed by atoms with E-state index in [0.717, 1.165) is 14.9 Å². The van der Waals surface area contributed by atoms with Crippen LogP contribution in [0.25, 0.3) is 17.4 Å². The molecule has 0 saturated carbocycles. The van der Waals surface area contributed by atoms with Crippen LogP contribution in [0.1, 0.15) is 23.0 Å². The van der Waals surface area contributed by atoms with Crippen molar-refractivity contribution in [3.05, 3.63) is 143 Å². The van der Waals surface area contributed by atoms with Gasteiger partial charge in [0.2, 0.25) is 5.91 Å². The van der Waals surface area contributed by atoms with E-state index in [2.05, 4.69) is 26.6 Å². The van der Waals surface area contributed by atoms with E-state index in [-0.39, 0.29) is 22.7 Å². The van der Waals surface area contributed by atoms with Gasteiger partial charge in [0, 0.05) is 58.4 Å². The van der Waals surface area contributed by atoms with Crippen molar-refractivity contribution in [1.82, 2.24) is 10.2 Å². The summed E-state index contributed by atoms with van der Waals surface area (Å²) < 4.78 is 21.2. The molecule has 0 bridgehead atoms. The standard InChI is InChI=1S/C39H34BrFN4O4S/c1-26(39(48)45-23-21-44(22-24-45)35-10-6-5-9-33(35)41)50-32-18-15-30(16-19-32)42-38(47)34(43-37(46)28-7-3-2-4-8-28)25-31-17-20-36(49-31)27-11-13-29(40)14-12-27/h2-20,25-26H,21-24H2,1H3,(H,42,47)(H,43,46)/b34-25-. The summed E-state index contributed by atoms with van der Waals surface area (Å²) in [6, 6.07) is 33.7. The first-order valence-corrected chi connectivity index (χ1v) is 17.7. The summed E-state index contributed by atoms with van der Waals surface area (Å²) in [4.78, 5) is 44.5. The van der Waals surface area contributed by atoms with Crippen molar-refractivity contribution in [1.29, 1.82) is 0 Å². The van der Waals surface area contributed by atoms with Crippen molar-refractivity contribution >= 4 is 62.9 Å². The molecule has 0 aliphatic carbocycles. The normalized spacial score (nSPS) is 13.9. The van der Waals surface area contributed by atoms with Gasteiger partial charge in [0.1, 0.15) is 23.0 Å². The van der Waals surface area contributed by atoms with Crippen LogP contribution in [-0.4, -0.2) is 54.1 Å². The average molecular weight is 754 g/mol. The second kappa shape index (κ2) is 16.1. The Kier molecular flexibility index (Phi) is 11.1. The number of amides is 3. The predicted octanol–water partition coefficient (Wildman–Crippen LogP) is 8.09. The predicted molar refractivity (Wildman–Crippen MR) is 199 cm³/mol. The van der Waals surface area contributed by atoms with E-state index in [9.17, 15) is 18.8 Å². The Morgan fingerprint density at radius 1 is 0.840 bits per heavy atom. The summed E-state index contributed by atoms with van der Waals surface area (Å²) in [6.45, 7) is 4.03. The molecule has 1 atom stereocenters.